The lowest BCUT2D eigenvalue weighted by molar-refractivity contribution is 0.0696. The maximum Gasteiger partial charge on any atom is 0.335 e. The molecule has 118 valence electrons. The molecule has 0 aliphatic heterocycles. The summed E-state index contributed by atoms with van der Waals surface area (Å²) in [5.41, 5.74) is 0.680. The fraction of sp³-hybridized carbons (Fsp3) is 0.625. The molecule has 1 unspecified atom stereocenters. The quantitative estimate of drug-likeness (QED) is 0.751. The van der Waals surface area contributed by atoms with Crippen LogP contribution in [-0.4, -0.2) is 33.8 Å². The highest BCUT2D eigenvalue weighted by molar-refractivity contribution is 5.88. The molecule has 5 nitrogen and oxygen atoms in total. The van der Waals surface area contributed by atoms with Gasteiger partial charge in [0.15, 0.2) is 0 Å². The number of anilines is 1. The molecule has 1 aromatic heterocycles. The summed E-state index contributed by atoms with van der Waals surface area (Å²) in [5, 5.41) is 21.8. The normalized spacial score (nSPS) is 13.3. The van der Waals surface area contributed by atoms with Gasteiger partial charge < -0.3 is 15.5 Å². The van der Waals surface area contributed by atoms with Gasteiger partial charge in [0, 0.05) is 11.1 Å². The molecule has 1 atom stereocenters. The van der Waals surface area contributed by atoms with Gasteiger partial charge >= 0.3 is 5.97 Å². The van der Waals surface area contributed by atoms with Crippen molar-refractivity contribution in [3.8, 4) is 0 Å². The van der Waals surface area contributed by atoms with E-state index in [-0.39, 0.29) is 23.6 Å². The number of aromatic carboxylic acids is 1. The van der Waals surface area contributed by atoms with Crippen LogP contribution in [0.5, 0.6) is 0 Å². The zero-order valence-corrected chi connectivity index (χ0v) is 13.5. The fourth-order valence-corrected chi connectivity index (χ4v) is 2.07. The summed E-state index contributed by atoms with van der Waals surface area (Å²) in [6, 6.07) is 2.99. The minimum atomic E-state index is -0.977. The molecule has 1 heterocycles. The summed E-state index contributed by atoms with van der Waals surface area (Å²) >= 11 is 0. The van der Waals surface area contributed by atoms with Gasteiger partial charge in [-0.25, -0.2) is 9.78 Å². The summed E-state index contributed by atoms with van der Waals surface area (Å²) < 4.78 is 0. The number of aromatic nitrogens is 1. The van der Waals surface area contributed by atoms with Crippen molar-refractivity contribution in [2.24, 2.45) is 5.92 Å². The van der Waals surface area contributed by atoms with Gasteiger partial charge in [0.25, 0.3) is 0 Å². The smallest absolute Gasteiger partial charge is 0.335 e. The molecule has 1 aromatic rings. The largest absolute Gasteiger partial charge is 0.478 e. The molecule has 0 aliphatic rings. The van der Waals surface area contributed by atoms with Gasteiger partial charge in [0.2, 0.25) is 0 Å². The van der Waals surface area contributed by atoms with E-state index in [1.165, 1.54) is 6.07 Å². The molecular weight excluding hydrogens is 268 g/mol. The van der Waals surface area contributed by atoms with Crippen LogP contribution in [0.4, 0.5) is 5.82 Å². The van der Waals surface area contributed by atoms with Crippen molar-refractivity contribution in [2.75, 3.05) is 11.9 Å². The van der Waals surface area contributed by atoms with Gasteiger partial charge in [-0.05, 0) is 24.5 Å². The third kappa shape index (κ3) is 5.34. The predicted octanol–water partition coefficient (Wildman–Crippen LogP) is 2.90. The fourth-order valence-electron chi connectivity index (χ4n) is 2.07. The molecule has 0 amide bonds. The number of carboxylic acid groups (broad SMARTS) is 1. The van der Waals surface area contributed by atoms with Gasteiger partial charge in [0.05, 0.1) is 18.2 Å². The number of nitrogens with one attached hydrogen (secondary N) is 1. The Labute approximate surface area is 126 Å². The second kappa shape index (κ2) is 6.89. The molecule has 3 N–H and O–H groups in total. The number of nitrogens with zero attached hydrogens (tertiary/aromatic N) is 1. The first-order chi connectivity index (χ1) is 9.63. The minimum absolute atomic E-state index is 0.0119. The number of aliphatic hydroxyl groups is 1. The van der Waals surface area contributed by atoms with Crippen LogP contribution in [0.3, 0.4) is 0 Å². The van der Waals surface area contributed by atoms with Crippen LogP contribution in [0, 0.1) is 5.92 Å². The molecule has 1 rings (SSSR count). The van der Waals surface area contributed by atoms with E-state index in [1.807, 2.05) is 20.8 Å². The summed E-state index contributed by atoms with van der Waals surface area (Å²) in [6.45, 7) is 10.1. The van der Waals surface area contributed by atoms with Crippen molar-refractivity contribution in [3.63, 3.8) is 0 Å². The molecule has 0 fully saturated rings. The van der Waals surface area contributed by atoms with E-state index in [1.54, 1.807) is 6.07 Å². The van der Waals surface area contributed by atoms with Gasteiger partial charge in [0.1, 0.15) is 5.82 Å². The number of carboxylic acids is 1. The van der Waals surface area contributed by atoms with Crippen LogP contribution in [0.15, 0.2) is 12.1 Å². The molecule has 0 saturated heterocycles. The second-order valence-electron chi connectivity index (χ2n) is 6.83. The van der Waals surface area contributed by atoms with E-state index >= 15 is 0 Å². The van der Waals surface area contributed by atoms with Crippen molar-refractivity contribution in [1.29, 1.82) is 0 Å². The Kier molecular flexibility index (Phi) is 5.72. The standard InChI is InChI=1S/C16H26N2O3/c1-10(2)6-12(9-19)17-14-8-11(15(20)21)7-13(18-14)16(3,4)5/h7-8,10,12,19H,6,9H2,1-5H3,(H,17,18)(H,20,21). The number of aliphatic hydroxyl groups excluding tert-OH is 1. The molecule has 0 radical (unpaired) electrons. The van der Waals surface area contributed by atoms with E-state index < -0.39 is 5.97 Å². The van der Waals surface area contributed by atoms with Gasteiger partial charge in [-0.1, -0.05) is 34.6 Å². The average Bonchev–Trinajstić information content (AvgIpc) is 2.35. The van der Waals surface area contributed by atoms with E-state index in [4.69, 9.17) is 0 Å². The maximum absolute atomic E-state index is 11.3. The number of hydrogen-bond acceptors (Lipinski definition) is 4. The van der Waals surface area contributed by atoms with E-state index in [0.717, 1.165) is 6.42 Å². The van der Waals surface area contributed by atoms with Crippen LogP contribution in [0.25, 0.3) is 0 Å². The first-order valence-electron chi connectivity index (χ1n) is 7.26. The lowest BCUT2D eigenvalue weighted by Crippen LogP contribution is -2.27. The zero-order chi connectivity index (χ0) is 16.2. The molecule has 0 spiro atoms. The Balaban J connectivity index is 3.10. The highest BCUT2D eigenvalue weighted by Crippen LogP contribution is 2.24. The SMILES string of the molecule is CC(C)CC(CO)Nc1cc(C(=O)O)cc(C(C)(C)C)n1. The number of hydrogen-bond donors (Lipinski definition) is 3. The van der Waals surface area contributed by atoms with Crippen molar-refractivity contribution in [3.05, 3.63) is 23.4 Å². The lowest BCUT2D eigenvalue weighted by atomic mass is 9.90. The van der Waals surface area contributed by atoms with Gasteiger partial charge in [-0.2, -0.15) is 0 Å². The minimum Gasteiger partial charge on any atom is -0.478 e. The van der Waals surface area contributed by atoms with Crippen LogP contribution in [0.2, 0.25) is 0 Å². The van der Waals surface area contributed by atoms with Crippen LogP contribution >= 0.6 is 0 Å². The Bertz CT molecular complexity index is 493. The summed E-state index contributed by atoms with van der Waals surface area (Å²) in [5.74, 6) is -0.0470. The van der Waals surface area contributed by atoms with E-state index in [2.05, 4.69) is 24.1 Å². The first kappa shape index (κ1) is 17.4. The van der Waals surface area contributed by atoms with Crippen LogP contribution < -0.4 is 5.32 Å². The first-order valence-corrected chi connectivity index (χ1v) is 7.26. The Hall–Kier alpha value is -1.62. The van der Waals surface area contributed by atoms with Gasteiger partial charge in [-0.15, -0.1) is 0 Å². The molecule has 5 heteroatoms. The monoisotopic (exact) mass is 294 g/mol. The number of carbonyl (C=O) groups is 1. The number of pyridine rings is 1. The molecule has 0 bridgehead atoms. The number of rotatable bonds is 6. The van der Waals surface area contributed by atoms with Crippen molar-refractivity contribution >= 4 is 11.8 Å². The van der Waals surface area contributed by atoms with Crippen molar-refractivity contribution in [2.45, 2.75) is 52.5 Å². The summed E-state index contributed by atoms with van der Waals surface area (Å²) in [7, 11) is 0. The summed E-state index contributed by atoms with van der Waals surface area (Å²) in [6.07, 6.45) is 0.792. The third-order valence-corrected chi connectivity index (χ3v) is 3.17. The topological polar surface area (TPSA) is 82.5 Å². The Morgan fingerprint density at radius 1 is 1.33 bits per heavy atom. The average molecular weight is 294 g/mol. The van der Waals surface area contributed by atoms with Crippen LogP contribution in [-0.2, 0) is 5.41 Å². The molecule has 0 aliphatic carbocycles. The zero-order valence-electron chi connectivity index (χ0n) is 13.5. The third-order valence-electron chi connectivity index (χ3n) is 3.17. The van der Waals surface area contributed by atoms with Crippen molar-refractivity contribution in [1.82, 2.24) is 4.98 Å². The Morgan fingerprint density at radius 3 is 2.38 bits per heavy atom. The van der Waals surface area contributed by atoms with E-state index in [9.17, 15) is 15.0 Å². The second-order valence-corrected chi connectivity index (χ2v) is 6.83. The van der Waals surface area contributed by atoms with Crippen molar-refractivity contribution < 1.29 is 15.0 Å². The highest BCUT2D eigenvalue weighted by Gasteiger charge is 2.20. The van der Waals surface area contributed by atoms with Gasteiger partial charge in [-0.3, -0.25) is 0 Å². The Morgan fingerprint density at radius 2 is 1.95 bits per heavy atom. The maximum atomic E-state index is 11.3. The molecular formula is C16H26N2O3. The highest BCUT2D eigenvalue weighted by atomic mass is 16.4. The van der Waals surface area contributed by atoms with E-state index in [0.29, 0.717) is 17.4 Å². The lowest BCUT2D eigenvalue weighted by Gasteiger charge is -2.22. The molecule has 0 saturated carbocycles. The molecule has 0 aromatic carbocycles. The summed E-state index contributed by atoms with van der Waals surface area (Å²) in [4.78, 5) is 15.8. The molecule has 21 heavy (non-hydrogen) atoms. The van der Waals surface area contributed by atoms with Crippen LogP contribution in [0.1, 0.15) is 57.1 Å². The predicted molar refractivity (Wildman–Crippen MR) is 83.8 cm³/mol.